The van der Waals surface area contributed by atoms with Crippen molar-refractivity contribution in [1.29, 1.82) is 0 Å². The SMILES string of the molecule is [Eu+3].[O-][I+2]([O-])[O-].[O-][I+2]([O-])[O-].[O-][I+2]([O-])[O-]. The van der Waals surface area contributed by atoms with Crippen molar-refractivity contribution >= 4 is 0 Å². The zero-order chi connectivity index (χ0) is 10.7. The van der Waals surface area contributed by atoms with Crippen LogP contribution < -0.4 is 94.1 Å². The van der Waals surface area contributed by atoms with Crippen molar-refractivity contribution in [3.05, 3.63) is 0 Å². The Morgan fingerprint density at radius 2 is 0.385 bits per heavy atom. The van der Waals surface area contributed by atoms with Crippen LogP contribution in [0, 0.1) is 49.4 Å². The quantitative estimate of drug-likeness (QED) is 0.223. The predicted octanol–water partition coefficient (Wildman–Crippen LogP) is -19.7. The molecule has 0 amide bonds. The predicted molar refractivity (Wildman–Crippen MR) is 0 cm³/mol. The molecule has 82 valence electrons. The molecule has 0 heterocycles. The fraction of sp³-hybridized carbons (Fsp3) is 0. The van der Waals surface area contributed by atoms with E-state index < -0.39 is 63.2 Å². The molecule has 0 aliphatic heterocycles. The van der Waals surface area contributed by atoms with Crippen molar-refractivity contribution in [2.24, 2.45) is 0 Å². The van der Waals surface area contributed by atoms with Crippen LogP contribution in [0.15, 0.2) is 0 Å². The summed E-state index contributed by atoms with van der Waals surface area (Å²) in [6, 6.07) is 0. The van der Waals surface area contributed by atoms with Crippen molar-refractivity contribution in [3.63, 3.8) is 0 Å². The van der Waals surface area contributed by atoms with E-state index in [-0.39, 0.29) is 49.4 Å². The third-order valence-corrected chi connectivity index (χ3v) is 0. The van der Waals surface area contributed by atoms with E-state index in [4.69, 9.17) is 30.9 Å². The minimum absolute atomic E-state index is 0. The minimum Gasteiger partial charge on any atom is -0.427 e. The van der Waals surface area contributed by atoms with Crippen molar-refractivity contribution in [3.8, 4) is 0 Å². The van der Waals surface area contributed by atoms with Crippen LogP contribution in [-0.4, -0.2) is 0 Å². The molecule has 0 aromatic heterocycles. The molecule has 0 aliphatic carbocycles. The first-order valence-electron chi connectivity index (χ1n) is 1.39. The molecule has 0 aromatic rings. The molecule has 0 saturated heterocycles. The zero-order valence-corrected chi connectivity index (χ0v) is 14.1. The van der Waals surface area contributed by atoms with Gasteiger partial charge in [-0.1, -0.05) is 0 Å². The molecule has 0 saturated carbocycles. The molecule has 0 aromatic carbocycles. The van der Waals surface area contributed by atoms with Gasteiger partial charge in [-0.15, -0.1) is 0 Å². The summed E-state index contributed by atoms with van der Waals surface area (Å²) in [5.74, 6) is 0. The summed E-state index contributed by atoms with van der Waals surface area (Å²) in [4.78, 5) is 0. The van der Waals surface area contributed by atoms with E-state index in [0.29, 0.717) is 0 Å². The third-order valence-electron chi connectivity index (χ3n) is 0. The van der Waals surface area contributed by atoms with E-state index >= 15 is 0 Å². The molecule has 0 bridgehead atoms. The van der Waals surface area contributed by atoms with E-state index in [2.05, 4.69) is 0 Å². The average Bonchev–Trinajstić information content (AvgIpc) is 1.54. The smallest absolute Gasteiger partial charge is 0.427 e. The Bertz CT molecular complexity index is 43.4. The molecular weight excluding hydrogens is 677 g/mol. The van der Waals surface area contributed by atoms with Gasteiger partial charge in [-0.25, -0.2) is 0 Å². The molecular formula is EuI3O9. The second-order valence-corrected chi connectivity index (χ2v) is 3.80. The van der Waals surface area contributed by atoms with Gasteiger partial charge in [-0.05, 0) is 0 Å². The van der Waals surface area contributed by atoms with E-state index in [1.54, 1.807) is 0 Å². The summed E-state index contributed by atoms with van der Waals surface area (Å²) in [5, 5.41) is 0. The van der Waals surface area contributed by atoms with E-state index in [1.807, 2.05) is 0 Å². The molecule has 0 N–H and O–H groups in total. The van der Waals surface area contributed by atoms with Crippen LogP contribution in [0.3, 0.4) is 0 Å². The summed E-state index contributed by atoms with van der Waals surface area (Å²) in [6.07, 6.45) is 0. The Labute approximate surface area is 140 Å². The van der Waals surface area contributed by atoms with Crippen molar-refractivity contribution < 1.29 is 143 Å². The molecule has 0 spiro atoms. The molecule has 0 aliphatic rings. The summed E-state index contributed by atoms with van der Waals surface area (Å²) >= 11 is -12.0. The fourth-order valence-electron chi connectivity index (χ4n) is 0. The molecule has 0 atom stereocenters. The van der Waals surface area contributed by atoms with Crippen LogP contribution >= 0.6 is 0 Å². The second-order valence-electron chi connectivity index (χ2n) is 0.567. The van der Waals surface area contributed by atoms with Crippen molar-refractivity contribution in [1.82, 2.24) is 0 Å². The first-order valence-corrected chi connectivity index (χ1v) is 9.32. The number of halogens is 3. The van der Waals surface area contributed by atoms with Crippen molar-refractivity contribution in [2.75, 3.05) is 0 Å². The molecule has 13 heteroatoms. The first kappa shape index (κ1) is 25.3. The molecule has 9 nitrogen and oxygen atoms in total. The summed E-state index contributed by atoms with van der Waals surface area (Å²) in [6.45, 7) is 0. The second kappa shape index (κ2) is 20.8. The fourth-order valence-corrected chi connectivity index (χ4v) is 0. The van der Waals surface area contributed by atoms with Gasteiger partial charge in [-0.2, -0.15) is 0 Å². The van der Waals surface area contributed by atoms with Crippen LogP contribution in [0.2, 0.25) is 0 Å². The van der Waals surface area contributed by atoms with Crippen LogP contribution in [-0.2, 0) is 0 Å². The standard InChI is InChI=1S/Eu.3IO3/c;3*2-1(3)4/q+3;3*-1. The Balaban J connectivity index is -0.0000000450. The van der Waals surface area contributed by atoms with Gasteiger partial charge in [0, 0.05) is 0 Å². The van der Waals surface area contributed by atoms with E-state index in [1.165, 1.54) is 0 Å². The molecule has 0 fully saturated rings. The van der Waals surface area contributed by atoms with Gasteiger partial charge in [0.15, 0.2) is 0 Å². The van der Waals surface area contributed by atoms with Gasteiger partial charge < -0.3 is 30.9 Å². The van der Waals surface area contributed by atoms with Gasteiger partial charge in [0.05, 0.1) is 0 Å². The largest absolute Gasteiger partial charge is 3.00 e. The Morgan fingerprint density at radius 1 is 0.385 bits per heavy atom. The Morgan fingerprint density at radius 3 is 0.385 bits per heavy atom. The topological polar surface area (TPSA) is 208 Å². The number of hydrogen-bond acceptors (Lipinski definition) is 9. The average molecular weight is 677 g/mol. The van der Waals surface area contributed by atoms with Crippen LogP contribution in [0.4, 0.5) is 0 Å². The number of rotatable bonds is 0. The van der Waals surface area contributed by atoms with E-state index in [9.17, 15) is 0 Å². The summed E-state index contributed by atoms with van der Waals surface area (Å²) < 4.78 is 77.2. The number of hydrogen-bond donors (Lipinski definition) is 0. The van der Waals surface area contributed by atoms with Crippen molar-refractivity contribution in [2.45, 2.75) is 0 Å². The van der Waals surface area contributed by atoms with E-state index in [0.717, 1.165) is 0 Å². The van der Waals surface area contributed by atoms with Crippen LogP contribution in [0.5, 0.6) is 0 Å². The molecule has 13 heavy (non-hydrogen) atoms. The monoisotopic (exact) mass is 678 g/mol. The summed E-state index contributed by atoms with van der Waals surface area (Å²) in [7, 11) is 0. The Kier molecular flexibility index (Phi) is 40.5. The Hall–Kier alpha value is 3.41. The first-order chi connectivity index (χ1) is 5.20. The maximum atomic E-state index is 8.57. The van der Waals surface area contributed by atoms with Gasteiger partial charge in [0.2, 0.25) is 0 Å². The van der Waals surface area contributed by atoms with Gasteiger partial charge in [-0.3, -0.25) is 0 Å². The van der Waals surface area contributed by atoms with Crippen LogP contribution in [0.25, 0.3) is 0 Å². The van der Waals surface area contributed by atoms with Gasteiger partial charge in [0.25, 0.3) is 63.2 Å². The maximum Gasteiger partial charge on any atom is 3.00 e. The van der Waals surface area contributed by atoms with Gasteiger partial charge >= 0.3 is 49.4 Å². The minimum atomic E-state index is -4.01. The maximum absolute atomic E-state index is 8.57. The normalized spacial score (nSPS) is 8.31. The molecule has 0 rings (SSSR count). The third kappa shape index (κ3) is 238. The molecule has 0 unspecified atom stereocenters. The molecule has 0 radical (unpaired) electrons. The summed E-state index contributed by atoms with van der Waals surface area (Å²) in [5.41, 5.74) is 0. The zero-order valence-electron chi connectivity index (χ0n) is 5.19. The van der Waals surface area contributed by atoms with Crippen LogP contribution in [0.1, 0.15) is 0 Å². The van der Waals surface area contributed by atoms with Gasteiger partial charge in [0.1, 0.15) is 0 Å².